The summed E-state index contributed by atoms with van der Waals surface area (Å²) in [5.74, 6) is -0.631. The summed E-state index contributed by atoms with van der Waals surface area (Å²) in [5, 5.41) is 0. The second-order valence-corrected chi connectivity index (χ2v) is 3.19. The molecule has 0 saturated carbocycles. The molecule has 1 aliphatic rings. The minimum atomic E-state index is -4.34. The molecule has 1 amide bonds. The minimum absolute atomic E-state index is 0.104. The lowest BCUT2D eigenvalue weighted by molar-refractivity contribution is -0.194. The third-order valence-corrected chi connectivity index (χ3v) is 2.26. The first-order valence-corrected chi connectivity index (χ1v) is 3.93. The maximum absolute atomic E-state index is 12.3. The molecule has 0 aliphatic carbocycles. The average molecular weight is 196 g/mol. The second kappa shape index (κ2) is 3.17. The number of hydrogen-bond acceptors (Lipinski definition) is 2. The smallest absolute Gasteiger partial charge is 0.332 e. The number of piperidine rings is 1. The summed E-state index contributed by atoms with van der Waals surface area (Å²) in [4.78, 5) is 11.8. The first kappa shape index (κ1) is 10.3. The Bertz CT molecular complexity index is 216. The van der Waals surface area contributed by atoms with Crippen molar-refractivity contribution in [1.82, 2.24) is 4.90 Å². The number of carbonyl (C=O) groups is 1. The predicted molar refractivity (Wildman–Crippen MR) is 39.8 cm³/mol. The lowest BCUT2D eigenvalue weighted by Crippen LogP contribution is -2.56. The van der Waals surface area contributed by atoms with Crippen LogP contribution in [0.15, 0.2) is 0 Å². The van der Waals surface area contributed by atoms with Gasteiger partial charge in [0.25, 0.3) is 0 Å². The molecule has 0 aromatic rings. The fraction of sp³-hybridized carbons (Fsp3) is 0.857. The number of alkyl halides is 3. The fourth-order valence-corrected chi connectivity index (χ4v) is 1.45. The molecule has 76 valence electrons. The second-order valence-electron chi connectivity index (χ2n) is 3.19. The van der Waals surface area contributed by atoms with Crippen LogP contribution in [0.4, 0.5) is 13.2 Å². The molecule has 1 heterocycles. The first-order chi connectivity index (χ1) is 5.84. The van der Waals surface area contributed by atoms with E-state index >= 15 is 0 Å². The van der Waals surface area contributed by atoms with E-state index in [-0.39, 0.29) is 12.8 Å². The highest BCUT2D eigenvalue weighted by Crippen LogP contribution is 2.30. The number of nitrogens with zero attached hydrogens (tertiary/aromatic N) is 1. The number of rotatable bonds is 0. The maximum atomic E-state index is 12.3. The summed E-state index contributed by atoms with van der Waals surface area (Å²) in [6.45, 7) is 0. The van der Waals surface area contributed by atoms with E-state index in [1.165, 1.54) is 0 Å². The lowest BCUT2D eigenvalue weighted by atomic mass is 9.98. The van der Waals surface area contributed by atoms with Crippen LogP contribution in [0.5, 0.6) is 0 Å². The molecule has 1 rings (SSSR count). The first-order valence-electron chi connectivity index (χ1n) is 3.93. The van der Waals surface area contributed by atoms with Crippen molar-refractivity contribution in [2.24, 2.45) is 5.73 Å². The van der Waals surface area contributed by atoms with Crippen molar-refractivity contribution in [1.29, 1.82) is 0 Å². The Kier molecular flexibility index (Phi) is 2.51. The molecule has 0 aromatic heterocycles. The van der Waals surface area contributed by atoms with Crippen molar-refractivity contribution in [2.75, 3.05) is 7.05 Å². The van der Waals surface area contributed by atoms with Gasteiger partial charge in [0.1, 0.15) is 6.04 Å². The highest BCUT2D eigenvalue weighted by atomic mass is 19.4. The zero-order valence-electron chi connectivity index (χ0n) is 7.14. The topological polar surface area (TPSA) is 46.3 Å². The Morgan fingerprint density at radius 3 is 2.46 bits per heavy atom. The summed E-state index contributed by atoms with van der Waals surface area (Å²) in [7, 11) is 1.14. The van der Waals surface area contributed by atoms with E-state index in [4.69, 9.17) is 5.73 Å². The van der Waals surface area contributed by atoms with Crippen LogP contribution in [0.1, 0.15) is 12.8 Å². The Morgan fingerprint density at radius 1 is 1.46 bits per heavy atom. The van der Waals surface area contributed by atoms with Crippen LogP contribution in [-0.2, 0) is 4.79 Å². The van der Waals surface area contributed by atoms with Gasteiger partial charge in [0.2, 0.25) is 5.91 Å². The summed E-state index contributed by atoms with van der Waals surface area (Å²) in [5.41, 5.74) is 5.32. The number of carbonyl (C=O) groups excluding carboxylic acids is 1. The quantitative estimate of drug-likeness (QED) is 0.613. The monoisotopic (exact) mass is 196 g/mol. The van der Waals surface area contributed by atoms with Crippen LogP contribution >= 0.6 is 0 Å². The number of likely N-dealkylation sites (tertiary alicyclic amines) is 1. The number of likely N-dealkylation sites (N-methyl/N-ethyl adjacent to an activating group) is 1. The van der Waals surface area contributed by atoms with Gasteiger partial charge in [-0.25, -0.2) is 0 Å². The number of hydrogen-bond donors (Lipinski definition) is 1. The molecule has 1 saturated heterocycles. The van der Waals surface area contributed by atoms with Crippen LogP contribution in [0, 0.1) is 0 Å². The number of nitrogens with two attached hydrogens (primary N) is 1. The highest BCUT2D eigenvalue weighted by molar-refractivity contribution is 5.82. The maximum Gasteiger partial charge on any atom is 0.408 e. The molecule has 2 N–H and O–H groups in total. The molecular weight excluding hydrogens is 185 g/mol. The number of halogens is 3. The van der Waals surface area contributed by atoms with Gasteiger partial charge in [-0.1, -0.05) is 0 Å². The van der Waals surface area contributed by atoms with Crippen molar-refractivity contribution in [2.45, 2.75) is 31.1 Å². The van der Waals surface area contributed by atoms with Gasteiger partial charge in [-0.3, -0.25) is 4.79 Å². The molecule has 0 unspecified atom stereocenters. The van der Waals surface area contributed by atoms with Crippen LogP contribution in [0.2, 0.25) is 0 Å². The van der Waals surface area contributed by atoms with Crippen molar-refractivity contribution in [3.8, 4) is 0 Å². The summed E-state index contributed by atoms with van der Waals surface area (Å²) in [6, 6.07) is -2.44. The molecule has 0 bridgehead atoms. The van der Waals surface area contributed by atoms with E-state index in [0.717, 1.165) is 7.05 Å². The summed E-state index contributed by atoms with van der Waals surface area (Å²) >= 11 is 0. The molecule has 0 spiro atoms. The molecule has 2 atom stereocenters. The molecule has 0 aromatic carbocycles. The van der Waals surface area contributed by atoms with Crippen molar-refractivity contribution < 1.29 is 18.0 Å². The summed E-state index contributed by atoms with van der Waals surface area (Å²) < 4.78 is 36.8. The molecule has 1 aliphatic heterocycles. The average Bonchev–Trinajstić information content (AvgIpc) is 1.98. The molecule has 6 heteroatoms. The fourth-order valence-electron chi connectivity index (χ4n) is 1.45. The third kappa shape index (κ3) is 1.93. The van der Waals surface area contributed by atoms with Gasteiger partial charge in [0.05, 0.1) is 6.04 Å². The molecule has 1 fully saturated rings. The van der Waals surface area contributed by atoms with Crippen LogP contribution in [-0.4, -0.2) is 36.1 Å². The predicted octanol–water partition coefficient (Wildman–Crippen LogP) is 0.497. The van der Waals surface area contributed by atoms with Gasteiger partial charge >= 0.3 is 6.18 Å². The number of amides is 1. The van der Waals surface area contributed by atoms with Gasteiger partial charge < -0.3 is 10.6 Å². The van der Waals surface area contributed by atoms with Crippen molar-refractivity contribution >= 4 is 5.91 Å². The van der Waals surface area contributed by atoms with Gasteiger partial charge in [0.15, 0.2) is 0 Å². The Balaban J connectivity index is 2.76. The minimum Gasteiger partial charge on any atom is -0.332 e. The molecule has 3 nitrogen and oxygen atoms in total. The largest absolute Gasteiger partial charge is 0.408 e. The van der Waals surface area contributed by atoms with E-state index in [1.54, 1.807) is 0 Å². The standard InChI is InChI=1S/C7H11F3N2O/c1-12-5(7(8,9)10)3-2-4(11)6(12)13/h4-5H,2-3,11H2,1H3/t4-,5+/m0/s1. The molecular formula is C7H11F3N2O. The van der Waals surface area contributed by atoms with Crippen molar-refractivity contribution in [3.63, 3.8) is 0 Å². The van der Waals surface area contributed by atoms with Crippen LogP contribution in [0.25, 0.3) is 0 Å². The zero-order chi connectivity index (χ0) is 10.2. The normalized spacial score (nSPS) is 30.8. The van der Waals surface area contributed by atoms with Gasteiger partial charge in [-0.05, 0) is 12.8 Å². The van der Waals surface area contributed by atoms with E-state index in [9.17, 15) is 18.0 Å². The molecule has 13 heavy (non-hydrogen) atoms. The van der Waals surface area contributed by atoms with Gasteiger partial charge in [-0.15, -0.1) is 0 Å². The van der Waals surface area contributed by atoms with Gasteiger partial charge in [-0.2, -0.15) is 13.2 Å². The van der Waals surface area contributed by atoms with Gasteiger partial charge in [0, 0.05) is 7.05 Å². The Morgan fingerprint density at radius 2 is 2.00 bits per heavy atom. The molecule has 0 radical (unpaired) electrons. The van der Waals surface area contributed by atoms with E-state index in [1.807, 2.05) is 0 Å². The lowest BCUT2D eigenvalue weighted by Gasteiger charge is -2.36. The van der Waals surface area contributed by atoms with Crippen LogP contribution in [0.3, 0.4) is 0 Å². The Hall–Kier alpha value is -0.780. The Labute approximate surface area is 73.7 Å². The SMILES string of the molecule is CN1C(=O)[C@@H](N)CC[C@@H]1C(F)(F)F. The summed E-state index contributed by atoms with van der Waals surface area (Å²) in [6.07, 6.45) is -4.34. The highest BCUT2D eigenvalue weighted by Gasteiger charge is 2.47. The van der Waals surface area contributed by atoms with Crippen LogP contribution < -0.4 is 5.73 Å². The van der Waals surface area contributed by atoms with Crippen molar-refractivity contribution in [3.05, 3.63) is 0 Å². The third-order valence-electron chi connectivity index (χ3n) is 2.26. The van der Waals surface area contributed by atoms with E-state index in [0.29, 0.717) is 4.90 Å². The van der Waals surface area contributed by atoms with E-state index in [2.05, 4.69) is 0 Å². The zero-order valence-corrected chi connectivity index (χ0v) is 7.14. The van der Waals surface area contributed by atoms with E-state index < -0.39 is 24.2 Å².